The fraction of sp³-hybridized carbons (Fsp3) is 0.600. The Morgan fingerprint density at radius 3 is 2.92 bits per heavy atom. The van der Waals surface area contributed by atoms with Gasteiger partial charge in [-0.25, -0.2) is 0 Å². The topological polar surface area (TPSA) is 20.2 Å². The number of aliphatic hydroxyl groups excluding tert-OH is 1. The third-order valence-corrected chi connectivity index (χ3v) is 5.02. The summed E-state index contributed by atoms with van der Waals surface area (Å²) in [6.07, 6.45) is 2.86. The van der Waals surface area contributed by atoms with E-state index < -0.39 is 0 Å². The van der Waals surface area contributed by atoms with Crippen LogP contribution in [0.5, 0.6) is 0 Å². The molecule has 0 amide bonds. The van der Waals surface area contributed by atoms with Gasteiger partial charge in [-0.15, -0.1) is 11.3 Å². The standard InChI is InChI=1S/C10H13BrOS/c1-10(4-2-7(12)6-10)9-8(11)3-5-13-9/h3,5,7,12H,2,4,6H2,1H3. The van der Waals surface area contributed by atoms with Crippen molar-refractivity contribution in [3.8, 4) is 0 Å². The second-order valence-electron chi connectivity index (χ2n) is 4.05. The molecule has 2 rings (SSSR count). The van der Waals surface area contributed by atoms with Crippen LogP contribution in [0.15, 0.2) is 15.9 Å². The highest BCUT2D eigenvalue weighted by atomic mass is 79.9. The first-order valence-corrected chi connectivity index (χ1v) is 6.21. The van der Waals surface area contributed by atoms with Gasteiger partial charge in [-0.05, 0) is 46.6 Å². The Morgan fingerprint density at radius 1 is 1.69 bits per heavy atom. The fourth-order valence-electron chi connectivity index (χ4n) is 2.14. The largest absolute Gasteiger partial charge is 0.393 e. The van der Waals surface area contributed by atoms with Crippen LogP contribution in [0.25, 0.3) is 0 Å². The van der Waals surface area contributed by atoms with Crippen molar-refractivity contribution in [1.82, 2.24) is 0 Å². The van der Waals surface area contributed by atoms with Crippen LogP contribution >= 0.6 is 27.3 Å². The smallest absolute Gasteiger partial charge is 0.0549 e. The van der Waals surface area contributed by atoms with E-state index in [0.717, 1.165) is 19.3 Å². The predicted octanol–water partition coefficient (Wildman–Crippen LogP) is 3.31. The summed E-state index contributed by atoms with van der Waals surface area (Å²) in [6.45, 7) is 2.25. The Bertz CT molecular complexity index is 310. The van der Waals surface area contributed by atoms with Crippen molar-refractivity contribution >= 4 is 27.3 Å². The third kappa shape index (κ3) is 1.69. The van der Waals surface area contributed by atoms with Gasteiger partial charge in [0.25, 0.3) is 0 Å². The fourth-order valence-corrected chi connectivity index (χ4v) is 4.20. The van der Waals surface area contributed by atoms with Gasteiger partial charge >= 0.3 is 0 Å². The van der Waals surface area contributed by atoms with Gasteiger partial charge in [-0.2, -0.15) is 0 Å². The summed E-state index contributed by atoms with van der Waals surface area (Å²) < 4.78 is 1.20. The lowest BCUT2D eigenvalue weighted by Gasteiger charge is -2.22. The molecule has 0 aromatic carbocycles. The van der Waals surface area contributed by atoms with Crippen molar-refractivity contribution in [3.63, 3.8) is 0 Å². The molecule has 13 heavy (non-hydrogen) atoms. The van der Waals surface area contributed by atoms with Crippen LogP contribution in [0.3, 0.4) is 0 Å². The van der Waals surface area contributed by atoms with Crippen LogP contribution in [0.1, 0.15) is 31.1 Å². The average Bonchev–Trinajstić information content (AvgIpc) is 2.59. The van der Waals surface area contributed by atoms with Gasteiger partial charge < -0.3 is 5.11 Å². The highest BCUT2D eigenvalue weighted by Crippen LogP contribution is 2.45. The van der Waals surface area contributed by atoms with E-state index in [1.54, 1.807) is 11.3 Å². The van der Waals surface area contributed by atoms with Crippen LogP contribution in [0.2, 0.25) is 0 Å². The van der Waals surface area contributed by atoms with Crippen molar-refractivity contribution < 1.29 is 5.11 Å². The van der Waals surface area contributed by atoms with E-state index in [1.165, 1.54) is 9.35 Å². The second-order valence-corrected chi connectivity index (χ2v) is 5.83. The van der Waals surface area contributed by atoms with Gasteiger partial charge in [0.1, 0.15) is 0 Å². The molecule has 1 aromatic rings. The molecule has 1 nitrogen and oxygen atoms in total. The number of aliphatic hydroxyl groups is 1. The lowest BCUT2D eigenvalue weighted by Crippen LogP contribution is -2.17. The summed E-state index contributed by atoms with van der Waals surface area (Å²) in [5.41, 5.74) is 0.201. The molecular formula is C10H13BrOS. The Hall–Kier alpha value is 0.140. The molecule has 3 heteroatoms. The quantitative estimate of drug-likeness (QED) is 0.822. The van der Waals surface area contributed by atoms with Gasteiger partial charge in [-0.1, -0.05) is 6.92 Å². The Kier molecular flexibility index (Phi) is 2.51. The van der Waals surface area contributed by atoms with Gasteiger partial charge in [0.15, 0.2) is 0 Å². The number of thiophene rings is 1. The van der Waals surface area contributed by atoms with E-state index in [0.29, 0.717) is 0 Å². The monoisotopic (exact) mass is 260 g/mol. The van der Waals surface area contributed by atoms with Crippen LogP contribution in [-0.2, 0) is 5.41 Å². The number of hydrogen-bond acceptors (Lipinski definition) is 2. The lowest BCUT2D eigenvalue weighted by molar-refractivity contribution is 0.175. The summed E-state index contributed by atoms with van der Waals surface area (Å²) in [4.78, 5) is 1.39. The zero-order chi connectivity index (χ0) is 9.47. The zero-order valence-electron chi connectivity index (χ0n) is 7.59. The van der Waals surface area contributed by atoms with Gasteiger partial charge in [0, 0.05) is 14.8 Å². The zero-order valence-corrected chi connectivity index (χ0v) is 9.99. The summed E-state index contributed by atoms with van der Waals surface area (Å²) in [5.74, 6) is 0. The minimum absolute atomic E-state index is 0.0981. The van der Waals surface area contributed by atoms with E-state index in [-0.39, 0.29) is 11.5 Å². The van der Waals surface area contributed by atoms with Gasteiger partial charge in [0.05, 0.1) is 6.10 Å². The van der Waals surface area contributed by atoms with Crippen LogP contribution in [0.4, 0.5) is 0 Å². The molecule has 72 valence electrons. The first-order chi connectivity index (χ1) is 6.12. The molecule has 1 saturated carbocycles. The molecule has 2 atom stereocenters. The highest BCUT2D eigenvalue weighted by molar-refractivity contribution is 9.10. The SMILES string of the molecule is CC1(c2sccc2Br)CCC(O)C1. The lowest BCUT2D eigenvalue weighted by atomic mass is 9.87. The maximum atomic E-state index is 9.54. The molecule has 1 aliphatic carbocycles. The second kappa shape index (κ2) is 3.37. The Labute approximate surface area is 90.9 Å². The van der Waals surface area contributed by atoms with Gasteiger partial charge in [-0.3, -0.25) is 0 Å². The van der Waals surface area contributed by atoms with E-state index in [2.05, 4.69) is 34.3 Å². The average molecular weight is 261 g/mol. The molecule has 0 saturated heterocycles. The molecule has 0 bridgehead atoms. The molecule has 1 N–H and O–H groups in total. The molecular weight excluding hydrogens is 248 g/mol. The van der Waals surface area contributed by atoms with E-state index >= 15 is 0 Å². The van der Waals surface area contributed by atoms with Crippen LogP contribution < -0.4 is 0 Å². The molecule has 0 aliphatic heterocycles. The van der Waals surface area contributed by atoms with E-state index in [1.807, 2.05) is 0 Å². The number of hydrogen-bond donors (Lipinski definition) is 1. The molecule has 0 spiro atoms. The van der Waals surface area contributed by atoms with Gasteiger partial charge in [0.2, 0.25) is 0 Å². The summed E-state index contributed by atoms with van der Waals surface area (Å²) >= 11 is 5.35. The molecule has 1 heterocycles. The van der Waals surface area contributed by atoms with Crippen molar-refractivity contribution in [3.05, 3.63) is 20.8 Å². The highest BCUT2D eigenvalue weighted by Gasteiger charge is 2.37. The first kappa shape index (κ1) is 9.69. The Morgan fingerprint density at radius 2 is 2.46 bits per heavy atom. The van der Waals surface area contributed by atoms with E-state index in [4.69, 9.17) is 0 Å². The summed E-state index contributed by atoms with van der Waals surface area (Å²) in [7, 11) is 0. The number of halogens is 1. The summed E-state index contributed by atoms with van der Waals surface area (Å²) in [6, 6.07) is 2.09. The molecule has 2 unspecified atom stereocenters. The molecule has 1 fully saturated rings. The normalized spacial score (nSPS) is 33.9. The maximum Gasteiger partial charge on any atom is 0.0549 e. The molecule has 1 aromatic heterocycles. The minimum Gasteiger partial charge on any atom is -0.393 e. The minimum atomic E-state index is -0.0981. The maximum absolute atomic E-state index is 9.54. The van der Waals surface area contributed by atoms with Crippen molar-refractivity contribution in [2.45, 2.75) is 37.7 Å². The van der Waals surface area contributed by atoms with Crippen molar-refractivity contribution in [1.29, 1.82) is 0 Å². The van der Waals surface area contributed by atoms with Crippen LogP contribution in [-0.4, -0.2) is 11.2 Å². The summed E-state index contributed by atoms with van der Waals surface area (Å²) in [5, 5.41) is 11.7. The Balaban J connectivity index is 2.30. The first-order valence-electron chi connectivity index (χ1n) is 4.53. The van der Waals surface area contributed by atoms with Crippen molar-refractivity contribution in [2.24, 2.45) is 0 Å². The molecule has 0 radical (unpaired) electrons. The van der Waals surface area contributed by atoms with Crippen molar-refractivity contribution in [2.75, 3.05) is 0 Å². The predicted molar refractivity (Wildman–Crippen MR) is 59.2 cm³/mol. The molecule has 1 aliphatic rings. The van der Waals surface area contributed by atoms with Crippen LogP contribution in [0, 0.1) is 0 Å². The van der Waals surface area contributed by atoms with E-state index in [9.17, 15) is 5.11 Å². The number of rotatable bonds is 1. The third-order valence-electron chi connectivity index (χ3n) is 2.88.